The number of rotatable bonds is 2. The molecule has 0 aliphatic rings. The smallest absolute Gasteiger partial charge is 0.201 e. The summed E-state index contributed by atoms with van der Waals surface area (Å²) >= 11 is 0. The minimum absolute atomic E-state index is 0.584. The van der Waals surface area contributed by atoms with Gasteiger partial charge in [-0.25, -0.2) is 4.57 Å². The van der Waals surface area contributed by atoms with Crippen molar-refractivity contribution in [2.45, 2.75) is 40.5 Å². The van der Waals surface area contributed by atoms with E-state index in [1.54, 1.807) is 0 Å². The number of aryl methyl sites for hydroxylation is 4. The van der Waals surface area contributed by atoms with Gasteiger partial charge in [-0.15, -0.1) is 0 Å². The Balaban J connectivity index is 2.56. The van der Waals surface area contributed by atoms with E-state index in [9.17, 15) is 0 Å². The van der Waals surface area contributed by atoms with Gasteiger partial charge in [0.25, 0.3) is 0 Å². The second-order valence-electron chi connectivity index (χ2n) is 5.86. The second-order valence-corrected chi connectivity index (χ2v) is 5.86. The molecular weight excluding hydrogens is 230 g/mol. The van der Waals surface area contributed by atoms with E-state index in [2.05, 4.69) is 76.7 Å². The molecule has 0 bridgehead atoms. The predicted molar refractivity (Wildman–Crippen MR) is 81.4 cm³/mol. The van der Waals surface area contributed by atoms with Crippen LogP contribution in [-0.2, 0) is 7.05 Å². The molecule has 19 heavy (non-hydrogen) atoms. The Bertz CT molecular complexity index is 609. The zero-order chi connectivity index (χ0) is 14.2. The molecule has 1 heteroatoms. The number of aromatic nitrogens is 1. The quantitative estimate of drug-likeness (QED) is 0.706. The van der Waals surface area contributed by atoms with Crippen LogP contribution in [-0.4, -0.2) is 0 Å². The summed E-state index contributed by atoms with van der Waals surface area (Å²) in [5.41, 5.74) is 8.06. The SMILES string of the molecule is Cc1cc(-c2ccc(C(C)C)cc2C)[n+](C)cc1C. The molecule has 1 aromatic heterocycles. The van der Waals surface area contributed by atoms with Crippen LogP contribution in [0.5, 0.6) is 0 Å². The first-order chi connectivity index (χ1) is 8.90. The van der Waals surface area contributed by atoms with E-state index in [1.807, 2.05) is 0 Å². The Kier molecular flexibility index (Phi) is 3.75. The van der Waals surface area contributed by atoms with Crippen LogP contribution in [0, 0.1) is 20.8 Å². The van der Waals surface area contributed by atoms with Gasteiger partial charge in [0, 0.05) is 17.2 Å². The molecule has 1 nitrogen and oxygen atoms in total. The first kappa shape index (κ1) is 13.8. The molecule has 0 N–H and O–H groups in total. The third kappa shape index (κ3) is 2.70. The molecule has 1 aromatic carbocycles. The maximum absolute atomic E-state index is 2.31. The second kappa shape index (κ2) is 5.16. The first-order valence-corrected chi connectivity index (χ1v) is 6.98. The summed E-state index contributed by atoms with van der Waals surface area (Å²) in [7, 11) is 2.12. The molecule has 0 saturated carbocycles. The van der Waals surface area contributed by atoms with Gasteiger partial charge in [-0.1, -0.05) is 26.0 Å². The van der Waals surface area contributed by atoms with Crippen LogP contribution >= 0.6 is 0 Å². The lowest BCUT2D eigenvalue weighted by atomic mass is 9.95. The van der Waals surface area contributed by atoms with E-state index >= 15 is 0 Å². The Morgan fingerprint density at radius 1 is 0.895 bits per heavy atom. The largest absolute Gasteiger partial charge is 0.212 e. The molecule has 0 saturated heterocycles. The monoisotopic (exact) mass is 254 g/mol. The van der Waals surface area contributed by atoms with E-state index < -0.39 is 0 Å². The van der Waals surface area contributed by atoms with E-state index in [0.29, 0.717) is 5.92 Å². The molecule has 2 aromatic rings. The van der Waals surface area contributed by atoms with E-state index in [-0.39, 0.29) is 0 Å². The first-order valence-electron chi connectivity index (χ1n) is 6.98. The maximum Gasteiger partial charge on any atom is 0.212 e. The summed E-state index contributed by atoms with van der Waals surface area (Å²) in [6.45, 7) is 11.0. The number of hydrogen-bond acceptors (Lipinski definition) is 0. The molecule has 0 radical (unpaired) electrons. The predicted octanol–water partition coefficient (Wildman–Crippen LogP) is 4.23. The van der Waals surface area contributed by atoms with Crippen molar-refractivity contribution in [1.29, 1.82) is 0 Å². The number of hydrogen-bond donors (Lipinski definition) is 0. The van der Waals surface area contributed by atoms with Crippen molar-refractivity contribution in [3.05, 3.63) is 52.7 Å². The van der Waals surface area contributed by atoms with Crippen molar-refractivity contribution < 1.29 is 4.57 Å². The van der Waals surface area contributed by atoms with Gasteiger partial charge >= 0.3 is 0 Å². The van der Waals surface area contributed by atoms with Gasteiger partial charge in [0.05, 0.1) is 0 Å². The highest BCUT2D eigenvalue weighted by Gasteiger charge is 2.14. The topological polar surface area (TPSA) is 3.88 Å². The minimum Gasteiger partial charge on any atom is -0.201 e. The van der Waals surface area contributed by atoms with E-state index in [4.69, 9.17) is 0 Å². The van der Waals surface area contributed by atoms with Crippen LogP contribution in [0.2, 0.25) is 0 Å². The summed E-state index contributed by atoms with van der Waals surface area (Å²) < 4.78 is 2.22. The molecule has 0 amide bonds. The van der Waals surface area contributed by atoms with Crippen molar-refractivity contribution >= 4 is 0 Å². The van der Waals surface area contributed by atoms with Crippen molar-refractivity contribution in [3.8, 4) is 11.3 Å². The van der Waals surface area contributed by atoms with Crippen LogP contribution in [0.15, 0.2) is 30.5 Å². The lowest BCUT2D eigenvalue weighted by molar-refractivity contribution is -0.660. The lowest BCUT2D eigenvalue weighted by Gasteiger charge is -2.11. The fraction of sp³-hybridized carbons (Fsp3) is 0.389. The Morgan fingerprint density at radius 2 is 1.58 bits per heavy atom. The Labute approximate surface area is 116 Å². The molecule has 1 heterocycles. The molecule has 0 atom stereocenters. The zero-order valence-corrected chi connectivity index (χ0v) is 12.9. The fourth-order valence-electron chi connectivity index (χ4n) is 2.48. The van der Waals surface area contributed by atoms with Crippen molar-refractivity contribution in [3.63, 3.8) is 0 Å². The van der Waals surface area contributed by atoms with Crippen LogP contribution in [0.1, 0.15) is 42.0 Å². The molecule has 0 fully saturated rings. The molecule has 0 aliphatic carbocycles. The molecule has 0 unspecified atom stereocenters. The number of pyridine rings is 1. The molecular formula is C18H24N+. The number of benzene rings is 1. The van der Waals surface area contributed by atoms with Crippen LogP contribution in [0.4, 0.5) is 0 Å². The third-order valence-electron chi connectivity index (χ3n) is 3.94. The lowest BCUT2D eigenvalue weighted by Crippen LogP contribution is -2.31. The van der Waals surface area contributed by atoms with Gasteiger partial charge in [0.1, 0.15) is 7.05 Å². The highest BCUT2D eigenvalue weighted by molar-refractivity contribution is 5.62. The summed E-state index contributed by atoms with van der Waals surface area (Å²) in [5, 5.41) is 0. The van der Waals surface area contributed by atoms with E-state index in [0.717, 1.165) is 0 Å². The van der Waals surface area contributed by atoms with Crippen molar-refractivity contribution in [2.24, 2.45) is 7.05 Å². The van der Waals surface area contributed by atoms with Gasteiger partial charge in [0.2, 0.25) is 5.69 Å². The fourth-order valence-corrected chi connectivity index (χ4v) is 2.48. The average Bonchev–Trinajstić information content (AvgIpc) is 2.34. The van der Waals surface area contributed by atoms with Gasteiger partial charge in [-0.2, -0.15) is 0 Å². The van der Waals surface area contributed by atoms with Gasteiger partial charge in [0.15, 0.2) is 6.20 Å². The van der Waals surface area contributed by atoms with Crippen LogP contribution < -0.4 is 4.57 Å². The number of nitrogens with zero attached hydrogens (tertiary/aromatic N) is 1. The van der Waals surface area contributed by atoms with E-state index in [1.165, 1.54) is 33.5 Å². The minimum atomic E-state index is 0.584. The summed E-state index contributed by atoms with van der Waals surface area (Å²) in [6.07, 6.45) is 2.21. The Morgan fingerprint density at radius 3 is 2.16 bits per heavy atom. The highest BCUT2D eigenvalue weighted by atomic mass is 14.9. The summed E-state index contributed by atoms with van der Waals surface area (Å²) in [4.78, 5) is 0. The van der Waals surface area contributed by atoms with Gasteiger partial charge in [-0.3, -0.25) is 0 Å². The van der Waals surface area contributed by atoms with Crippen molar-refractivity contribution in [1.82, 2.24) is 0 Å². The van der Waals surface area contributed by atoms with Gasteiger partial charge < -0.3 is 0 Å². The zero-order valence-electron chi connectivity index (χ0n) is 12.9. The standard InChI is InChI=1S/C18H24N/c1-12(2)16-7-8-17(14(4)9-16)18-10-13(3)15(5)11-19(18)6/h7-12H,1-6H3/q+1. The molecule has 2 rings (SSSR count). The highest BCUT2D eigenvalue weighted by Crippen LogP contribution is 2.25. The maximum atomic E-state index is 2.31. The normalized spacial score (nSPS) is 11.1. The summed E-state index contributed by atoms with van der Waals surface area (Å²) in [6, 6.07) is 9.11. The molecule has 100 valence electrons. The third-order valence-corrected chi connectivity index (χ3v) is 3.94. The molecule has 0 spiro atoms. The van der Waals surface area contributed by atoms with Gasteiger partial charge in [-0.05, 0) is 49.4 Å². The van der Waals surface area contributed by atoms with Crippen LogP contribution in [0.25, 0.3) is 11.3 Å². The average molecular weight is 254 g/mol. The van der Waals surface area contributed by atoms with Crippen LogP contribution in [0.3, 0.4) is 0 Å². The van der Waals surface area contributed by atoms with Crippen molar-refractivity contribution in [2.75, 3.05) is 0 Å². The molecule has 0 aliphatic heterocycles. The Hall–Kier alpha value is -1.63. The summed E-state index contributed by atoms with van der Waals surface area (Å²) in [5.74, 6) is 0.584.